The Hall–Kier alpha value is -1.34. The number of halogens is 1. The van der Waals surface area contributed by atoms with Crippen LogP contribution in [0.1, 0.15) is 17.4 Å². The Labute approximate surface area is 119 Å². The van der Waals surface area contributed by atoms with E-state index in [1.54, 1.807) is 6.07 Å². The molecule has 6 nitrogen and oxygen atoms in total. The minimum atomic E-state index is -1.04. The molecule has 2 rings (SSSR count). The van der Waals surface area contributed by atoms with Gasteiger partial charge in [0.2, 0.25) is 0 Å². The molecule has 1 N–H and O–H groups in total. The number of rotatable bonds is 3. The van der Waals surface area contributed by atoms with Crippen molar-refractivity contribution >= 4 is 27.8 Å². The molecule has 0 radical (unpaired) electrons. The van der Waals surface area contributed by atoms with E-state index in [2.05, 4.69) is 15.9 Å². The Morgan fingerprint density at radius 2 is 2.32 bits per heavy atom. The molecule has 0 saturated carbocycles. The van der Waals surface area contributed by atoms with E-state index in [0.29, 0.717) is 18.8 Å². The minimum absolute atomic E-state index is 0.0840. The van der Waals surface area contributed by atoms with E-state index in [4.69, 9.17) is 9.84 Å². The number of aliphatic carboxylic acids is 1. The summed E-state index contributed by atoms with van der Waals surface area (Å²) in [6.45, 7) is 3.37. The van der Waals surface area contributed by atoms with Crippen LogP contribution >= 0.6 is 15.9 Å². The lowest BCUT2D eigenvalue weighted by Crippen LogP contribution is -2.48. The largest absolute Gasteiger partial charge is 0.479 e. The maximum atomic E-state index is 12.4. The van der Waals surface area contributed by atoms with Gasteiger partial charge in [0.15, 0.2) is 6.10 Å². The third kappa shape index (κ3) is 2.98. The standard InChI is InChI=1S/C12H15BrN2O4/c1-2-14-6-8(13)5-9(14)11(16)15-3-4-19-10(7-15)12(17)18/h5-6,10H,2-4,7H2,1H3,(H,17,18). The fraction of sp³-hybridized carbons (Fsp3) is 0.500. The van der Waals surface area contributed by atoms with Gasteiger partial charge in [-0.1, -0.05) is 0 Å². The first-order valence-corrected chi connectivity index (χ1v) is 6.81. The zero-order valence-corrected chi connectivity index (χ0v) is 12.1. The Bertz CT molecular complexity index is 500. The first kappa shape index (κ1) is 14.1. The van der Waals surface area contributed by atoms with Gasteiger partial charge >= 0.3 is 5.97 Å². The van der Waals surface area contributed by atoms with Crippen molar-refractivity contribution in [2.45, 2.75) is 19.6 Å². The van der Waals surface area contributed by atoms with Crippen LogP contribution in [-0.2, 0) is 16.1 Å². The van der Waals surface area contributed by atoms with Crippen molar-refractivity contribution in [1.29, 1.82) is 0 Å². The van der Waals surface area contributed by atoms with Crippen LogP contribution in [0.15, 0.2) is 16.7 Å². The highest BCUT2D eigenvalue weighted by molar-refractivity contribution is 9.10. The van der Waals surface area contributed by atoms with Gasteiger partial charge in [-0.25, -0.2) is 4.79 Å². The van der Waals surface area contributed by atoms with Crippen molar-refractivity contribution in [2.24, 2.45) is 0 Å². The first-order valence-electron chi connectivity index (χ1n) is 6.02. The molecule has 19 heavy (non-hydrogen) atoms. The molecule has 1 saturated heterocycles. The average molecular weight is 331 g/mol. The van der Waals surface area contributed by atoms with Crippen LogP contribution in [0.25, 0.3) is 0 Å². The summed E-state index contributed by atoms with van der Waals surface area (Å²) in [5.41, 5.74) is 0.556. The van der Waals surface area contributed by atoms with Gasteiger partial charge in [0.1, 0.15) is 5.69 Å². The first-order chi connectivity index (χ1) is 9.02. The second kappa shape index (κ2) is 5.75. The Morgan fingerprint density at radius 3 is 2.95 bits per heavy atom. The van der Waals surface area contributed by atoms with Crippen LogP contribution in [0.5, 0.6) is 0 Å². The molecule has 1 aliphatic rings. The normalized spacial score (nSPS) is 19.5. The predicted octanol–water partition coefficient (Wildman–Crippen LogP) is 1.20. The topological polar surface area (TPSA) is 71.8 Å². The van der Waals surface area contributed by atoms with Crippen molar-refractivity contribution in [2.75, 3.05) is 19.7 Å². The molecule has 2 heterocycles. The summed E-state index contributed by atoms with van der Waals surface area (Å²) < 4.78 is 7.77. The number of hydrogen-bond acceptors (Lipinski definition) is 3. The van der Waals surface area contributed by atoms with Crippen LogP contribution < -0.4 is 0 Å². The Balaban J connectivity index is 2.16. The number of carboxylic acid groups (broad SMARTS) is 1. The molecule has 7 heteroatoms. The van der Waals surface area contributed by atoms with Gasteiger partial charge in [0, 0.05) is 23.8 Å². The van der Waals surface area contributed by atoms with Crippen molar-refractivity contribution in [1.82, 2.24) is 9.47 Å². The molecule has 1 unspecified atom stereocenters. The molecule has 1 fully saturated rings. The van der Waals surface area contributed by atoms with E-state index >= 15 is 0 Å². The number of carbonyl (C=O) groups excluding carboxylic acids is 1. The molecule has 0 aliphatic carbocycles. The zero-order valence-electron chi connectivity index (χ0n) is 10.5. The van der Waals surface area contributed by atoms with Gasteiger partial charge < -0.3 is 19.3 Å². The summed E-state index contributed by atoms with van der Waals surface area (Å²) in [6, 6.07) is 1.75. The summed E-state index contributed by atoms with van der Waals surface area (Å²) in [4.78, 5) is 24.8. The number of amides is 1. The fourth-order valence-corrected chi connectivity index (χ4v) is 2.52. The number of ether oxygens (including phenoxy) is 1. The maximum absolute atomic E-state index is 12.4. The summed E-state index contributed by atoms with van der Waals surface area (Å²) in [5, 5.41) is 8.94. The van der Waals surface area contributed by atoms with Gasteiger partial charge in [0.05, 0.1) is 13.2 Å². The molecule has 0 aromatic carbocycles. The molecule has 104 valence electrons. The lowest BCUT2D eigenvalue weighted by atomic mass is 10.2. The van der Waals surface area contributed by atoms with E-state index in [-0.39, 0.29) is 19.1 Å². The van der Waals surface area contributed by atoms with Crippen LogP contribution in [0.2, 0.25) is 0 Å². The number of morpholine rings is 1. The van der Waals surface area contributed by atoms with Crippen LogP contribution in [0.4, 0.5) is 0 Å². The Morgan fingerprint density at radius 1 is 1.58 bits per heavy atom. The summed E-state index contributed by atoms with van der Waals surface area (Å²) in [6.07, 6.45) is 0.897. The summed E-state index contributed by atoms with van der Waals surface area (Å²) in [5.74, 6) is -1.20. The highest BCUT2D eigenvalue weighted by Gasteiger charge is 2.30. The lowest BCUT2D eigenvalue weighted by molar-refractivity contribution is -0.154. The summed E-state index contributed by atoms with van der Waals surface area (Å²) >= 11 is 3.34. The van der Waals surface area contributed by atoms with E-state index in [9.17, 15) is 9.59 Å². The number of nitrogens with zero attached hydrogens (tertiary/aromatic N) is 2. The molecular weight excluding hydrogens is 316 g/mol. The molecule has 1 aromatic rings. The van der Waals surface area contributed by atoms with Crippen LogP contribution in [0, 0.1) is 0 Å². The van der Waals surface area contributed by atoms with Gasteiger partial charge in [-0.2, -0.15) is 0 Å². The molecular formula is C12H15BrN2O4. The zero-order chi connectivity index (χ0) is 14.0. The smallest absolute Gasteiger partial charge is 0.334 e. The third-order valence-corrected chi connectivity index (χ3v) is 3.49. The van der Waals surface area contributed by atoms with Gasteiger partial charge in [0.25, 0.3) is 5.91 Å². The molecule has 1 aromatic heterocycles. The predicted molar refractivity (Wildman–Crippen MR) is 71.1 cm³/mol. The lowest BCUT2D eigenvalue weighted by Gasteiger charge is -2.31. The number of aromatic nitrogens is 1. The number of hydrogen-bond donors (Lipinski definition) is 1. The van der Waals surface area contributed by atoms with Crippen molar-refractivity contribution < 1.29 is 19.4 Å². The van der Waals surface area contributed by atoms with Gasteiger partial charge in [-0.3, -0.25) is 4.79 Å². The number of carboxylic acids is 1. The van der Waals surface area contributed by atoms with E-state index < -0.39 is 12.1 Å². The second-order valence-corrected chi connectivity index (χ2v) is 5.19. The highest BCUT2D eigenvalue weighted by Crippen LogP contribution is 2.18. The quantitative estimate of drug-likeness (QED) is 0.903. The number of carbonyl (C=O) groups is 2. The van der Waals surface area contributed by atoms with Crippen LogP contribution in [-0.4, -0.2) is 52.3 Å². The average Bonchev–Trinajstić information content (AvgIpc) is 2.79. The molecule has 1 amide bonds. The SMILES string of the molecule is CCn1cc(Br)cc1C(=O)N1CCOC(C(=O)O)C1. The Kier molecular flexibility index (Phi) is 4.26. The van der Waals surface area contributed by atoms with Crippen molar-refractivity contribution in [3.63, 3.8) is 0 Å². The molecule has 0 spiro atoms. The number of aryl methyl sites for hydroxylation is 1. The van der Waals surface area contributed by atoms with E-state index in [0.717, 1.165) is 4.47 Å². The van der Waals surface area contributed by atoms with E-state index in [1.165, 1.54) is 4.90 Å². The van der Waals surface area contributed by atoms with Crippen molar-refractivity contribution in [3.05, 3.63) is 22.4 Å². The van der Waals surface area contributed by atoms with Crippen LogP contribution in [0.3, 0.4) is 0 Å². The molecule has 1 aliphatic heterocycles. The van der Waals surface area contributed by atoms with Crippen molar-refractivity contribution in [3.8, 4) is 0 Å². The van der Waals surface area contributed by atoms with Gasteiger partial charge in [-0.05, 0) is 28.9 Å². The molecule has 0 bridgehead atoms. The highest BCUT2D eigenvalue weighted by atomic mass is 79.9. The van der Waals surface area contributed by atoms with Gasteiger partial charge in [-0.15, -0.1) is 0 Å². The fourth-order valence-electron chi connectivity index (χ4n) is 2.06. The molecule has 1 atom stereocenters. The van der Waals surface area contributed by atoms with E-state index in [1.807, 2.05) is 17.7 Å². The third-order valence-electron chi connectivity index (χ3n) is 3.05. The summed E-state index contributed by atoms with van der Waals surface area (Å²) in [7, 11) is 0. The second-order valence-electron chi connectivity index (χ2n) is 4.28. The minimum Gasteiger partial charge on any atom is -0.479 e. The maximum Gasteiger partial charge on any atom is 0.334 e. The monoisotopic (exact) mass is 330 g/mol.